The van der Waals surface area contributed by atoms with E-state index in [1.807, 2.05) is 30.3 Å². The summed E-state index contributed by atoms with van der Waals surface area (Å²) in [5.41, 5.74) is 1.62. The average Bonchev–Trinajstić information content (AvgIpc) is 3.30. The molecule has 0 aliphatic heterocycles. The topological polar surface area (TPSA) is 80.5 Å². The first kappa shape index (κ1) is 17.1. The predicted octanol–water partition coefficient (Wildman–Crippen LogP) is 5.12. The largest absolute Gasteiger partial charge is 0.420 e. The predicted molar refractivity (Wildman–Crippen MR) is 101 cm³/mol. The van der Waals surface area contributed by atoms with Gasteiger partial charge in [0.25, 0.3) is 0 Å². The number of rotatable bonds is 5. The van der Waals surface area contributed by atoms with Crippen LogP contribution in [0.3, 0.4) is 0 Å². The summed E-state index contributed by atoms with van der Waals surface area (Å²) in [6.07, 6.45) is 0. The number of halogens is 2. The molecule has 0 bridgehead atoms. The minimum absolute atomic E-state index is 0.392. The molecular formula is C17H11Cl2N5OS. The molecule has 26 heavy (non-hydrogen) atoms. The van der Waals surface area contributed by atoms with Crippen molar-refractivity contribution in [2.24, 2.45) is 0 Å². The average molecular weight is 404 g/mol. The van der Waals surface area contributed by atoms with Crippen LogP contribution in [0.15, 0.2) is 58.1 Å². The highest BCUT2D eigenvalue weighted by Gasteiger charge is 2.13. The molecule has 2 aromatic carbocycles. The maximum Gasteiger partial charge on any atom is 0.249 e. The summed E-state index contributed by atoms with van der Waals surface area (Å²) < 4.78 is 5.67. The molecule has 0 saturated carbocycles. The molecule has 9 heteroatoms. The minimum Gasteiger partial charge on any atom is -0.420 e. The number of nitrogens with zero attached hydrogens (tertiary/aromatic N) is 4. The van der Waals surface area contributed by atoms with Crippen molar-refractivity contribution in [3.05, 3.63) is 64.5 Å². The van der Waals surface area contributed by atoms with Gasteiger partial charge in [0, 0.05) is 10.6 Å². The standard InChI is InChI=1S/C17H11Cl2N5OS/c18-11-7-5-10(6-8-11)15-20-17(24-22-15)26-9-14-21-23-16(25-14)12-3-1-2-4-13(12)19/h1-8H,9H2,(H,20,22,24). The highest BCUT2D eigenvalue weighted by molar-refractivity contribution is 7.98. The van der Waals surface area contributed by atoms with Gasteiger partial charge in [0.2, 0.25) is 16.9 Å². The fourth-order valence-electron chi connectivity index (χ4n) is 2.23. The van der Waals surface area contributed by atoms with Gasteiger partial charge in [-0.15, -0.1) is 15.3 Å². The lowest BCUT2D eigenvalue weighted by Gasteiger charge is -1.96. The van der Waals surface area contributed by atoms with Crippen LogP contribution in [0.1, 0.15) is 5.89 Å². The first-order valence-corrected chi connectivity index (χ1v) is 9.31. The van der Waals surface area contributed by atoms with Crippen molar-refractivity contribution in [2.45, 2.75) is 10.9 Å². The molecule has 0 unspecified atom stereocenters. The van der Waals surface area contributed by atoms with Gasteiger partial charge in [0.05, 0.1) is 16.3 Å². The molecular weight excluding hydrogens is 393 g/mol. The Labute approximate surface area is 163 Å². The zero-order valence-electron chi connectivity index (χ0n) is 13.2. The van der Waals surface area contributed by atoms with E-state index in [1.165, 1.54) is 11.8 Å². The van der Waals surface area contributed by atoms with Gasteiger partial charge in [0.1, 0.15) is 0 Å². The van der Waals surface area contributed by atoms with Crippen LogP contribution in [0.5, 0.6) is 0 Å². The van der Waals surface area contributed by atoms with E-state index in [9.17, 15) is 0 Å². The molecule has 0 aliphatic rings. The van der Waals surface area contributed by atoms with E-state index in [-0.39, 0.29) is 0 Å². The molecule has 0 spiro atoms. The van der Waals surface area contributed by atoms with Crippen molar-refractivity contribution < 1.29 is 4.42 Å². The van der Waals surface area contributed by atoms with Crippen molar-refractivity contribution in [1.29, 1.82) is 0 Å². The molecule has 0 saturated heterocycles. The van der Waals surface area contributed by atoms with Crippen LogP contribution in [0.25, 0.3) is 22.8 Å². The summed E-state index contributed by atoms with van der Waals surface area (Å²) in [6.45, 7) is 0. The van der Waals surface area contributed by atoms with Crippen molar-refractivity contribution in [3.8, 4) is 22.8 Å². The molecule has 6 nitrogen and oxygen atoms in total. The van der Waals surface area contributed by atoms with Gasteiger partial charge >= 0.3 is 0 Å². The van der Waals surface area contributed by atoms with E-state index in [4.69, 9.17) is 27.6 Å². The van der Waals surface area contributed by atoms with E-state index in [0.717, 1.165) is 5.56 Å². The summed E-state index contributed by atoms with van der Waals surface area (Å²) in [5, 5.41) is 17.0. The number of thioether (sulfide) groups is 1. The molecule has 130 valence electrons. The van der Waals surface area contributed by atoms with Gasteiger partial charge in [-0.25, -0.2) is 4.98 Å². The van der Waals surface area contributed by atoms with E-state index in [1.54, 1.807) is 18.2 Å². The molecule has 1 N–H and O–H groups in total. The Balaban J connectivity index is 1.44. The second-order valence-corrected chi connectivity index (χ2v) is 7.03. The quantitative estimate of drug-likeness (QED) is 0.465. The Morgan fingerprint density at radius 2 is 1.81 bits per heavy atom. The first-order valence-electron chi connectivity index (χ1n) is 7.57. The van der Waals surface area contributed by atoms with Crippen molar-refractivity contribution in [2.75, 3.05) is 0 Å². The van der Waals surface area contributed by atoms with E-state index in [2.05, 4.69) is 25.4 Å². The number of hydrogen-bond donors (Lipinski definition) is 1. The second-order valence-electron chi connectivity index (χ2n) is 5.24. The summed E-state index contributed by atoms with van der Waals surface area (Å²) in [5.74, 6) is 1.99. The van der Waals surface area contributed by atoms with Crippen LogP contribution in [-0.2, 0) is 5.75 Å². The fourth-order valence-corrected chi connectivity index (χ4v) is 3.21. The molecule has 0 fully saturated rings. The highest BCUT2D eigenvalue weighted by atomic mass is 35.5. The Hall–Kier alpha value is -2.35. The zero-order chi connectivity index (χ0) is 17.9. The van der Waals surface area contributed by atoms with Crippen LogP contribution < -0.4 is 0 Å². The third-order valence-electron chi connectivity index (χ3n) is 3.48. The number of benzene rings is 2. The van der Waals surface area contributed by atoms with Crippen LogP contribution in [0.2, 0.25) is 10.0 Å². The smallest absolute Gasteiger partial charge is 0.249 e. The van der Waals surface area contributed by atoms with Gasteiger partial charge in [0.15, 0.2) is 5.82 Å². The highest BCUT2D eigenvalue weighted by Crippen LogP contribution is 2.28. The molecule has 0 aliphatic carbocycles. The summed E-state index contributed by atoms with van der Waals surface area (Å²) in [6, 6.07) is 14.7. The number of H-pyrrole nitrogens is 1. The number of aromatic amines is 1. The van der Waals surface area contributed by atoms with Crippen molar-refractivity contribution >= 4 is 35.0 Å². The third-order valence-corrected chi connectivity index (χ3v) is 4.89. The van der Waals surface area contributed by atoms with Gasteiger partial charge in [-0.2, -0.15) is 0 Å². The lowest BCUT2D eigenvalue weighted by Crippen LogP contribution is -1.82. The minimum atomic E-state index is 0.392. The maximum absolute atomic E-state index is 6.15. The normalized spacial score (nSPS) is 11.0. The van der Waals surface area contributed by atoms with Crippen LogP contribution in [0, 0.1) is 0 Å². The molecule has 2 heterocycles. The second kappa shape index (κ2) is 7.49. The molecule has 0 amide bonds. The van der Waals surface area contributed by atoms with Crippen LogP contribution in [0.4, 0.5) is 0 Å². The zero-order valence-corrected chi connectivity index (χ0v) is 15.5. The molecule has 4 rings (SSSR count). The first-order chi connectivity index (χ1) is 12.7. The summed E-state index contributed by atoms with van der Waals surface area (Å²) >= 11 is 13.4. The monoisotopic (exact) mass is 403 g/mol. The van der Waals surface area contributed by atoms with Gasteiger partial charge in [-0.1, -0.05) is 47.1 Å². The van der Waals surface area contributed by atoms with Crippen LogP contribution in [-0.4, -0.2) is 25.4 Å². The SMILES string of the molecule is Clc1ccc(-c2nc(SCc3nnc(-c4ccccc4Cl)o3)n[nH]2)cc1. The fraction of sp³-hybridized carbons (Fsp3) is 0.0588. The van der Waals surface area contributed by atoms with Crippen molar-refractivity contribution in [1.82, 2.24) is 25.4 Å². The van der Waals surface area contributed by atoms with Crippen molar-refractivity contribution in [3.63, 3.8) is 0 Å². The maximum atomic E-state index is 6.15. The lowest BCUT2D eigenvalue weighted by molar-refractivity contribution is 0.528. The Kier molecular flexibility index (Phi) is 4.92. The number of hydrogen-bond acceptors (Lipinski definition) is 6. The van der Waals surface area contributed by atoms with E-state index in [0.29, 0.717) is 44.1 Å². The van der Waals surface area contributed by atoms with Gasteiger partial charge in [-0.3, -0.25) is 5.10 Å². The summed E-state index contributed by atoms with van der Waals surface area (Å²) in [7, 11) is 0. The summed E-state index contributed by atoms with van der Waals surface area (Å²) in [4.78, 5) is 4.45. The van der Waals surface area contributed by atoms with Gasteiger partial charge in [-0.05, 0) is 36.4 Å². The van der Waals surface area contributed by atoms with E-state index < -0.39 is 0 Å². The Morgan fingerprint density at radius 3 is 2.62 bits per heavy atom. The number of aromatic nitrogens is 5. The van der Waals surface area contributed by atoms with Gasteiger partial charge < -0.3 is 4.42 Å². The Morgan fingerprint density at radius 1 is 1.00 bits per heavy atom. The molecule has 2 aromatic heterocycles. The molecule has 4 aromatic rings. The third kappa shape index (κ3) is 3.75. The van der Waals surface area contributed by atoms with Crippen LogP contribution >= 0.6 is 35.0 Å². The van der Waals surface area contributed by atoms with E-state index >= 15 is 0 Å². The lowest BCUT2D eigenvalue weighted by atomic mass is 10.2. The number of nitrogens with one attached hydrogen (secondary N) is 1. The molecule has 0 atom stereocenters. The Bertz CT molecular complexity index is 1030. The molecule has 0 radical (unpaired) electrons.